The summed E-state index contributed by atoms with van der Waals surface area (Å²) in [7, 11) is -4.12. The highest BCUT2D eigenvalue weighted by Crippen LogP contribution is 2.40. The lowest BCUT2D eigenvalue weighted by Crippen LogP contribution is -2.13. The number of nitro benzene ring substituents is 1. The van der Waals surface area contributed by atoms with Gasteiger partial charge in [-0.3, -0.25) is 10.1 Å². The number of nitro groups is 1. The van der Waals surface area contributed by atoms with E-state index in [1.807, 2.05) is 30.3 Å². The fourth-order valence-corrected chi connectivity index (χ4v) is 3.98. The van der Waals surface area contributed by atoms with Crippen LogP contribution in [0.3, 0.4) is 0 Å². The van der Waals surface area contributed by atoms with Gasteiger partial charge in [0.1, 0.15) is 9.92 Å². The molecule has 0 amide bonds. The van der Waals surface area contributed by atoms with Crippen molar-refractivity contribution in [2.24, 2.45) is 5.14 Å². The Morgan fingerprint density at radius 1 is 1.18 bits per heavy atom. The van der Waals surface area contributed by atoms with Crippen LogP contribution in [-0.2, 0) is 15.8 Å². The normalized spacial score (nSPS) is 11.4. The van der Waals surface area contributed by atoms with Crippen molar-refractivity contribution < 1.29 is 13.3 Å². The van der Waals surface area contributed by atoms with Crippen molar-refractivity contribution in [3.8, 4) is 0 Å². The molecule has 0 aliphatic rings. The van der Waals surface area contributed by atoms with Crippen LogP contribution >= 0.6 is 23.4 Å². The second-order valence-corrected chi connectivity index (χ2v) is 7.23. The lowest BCUT2D eigenvalue weighted by atomic mass is 10.2. The summed E-state index contributed by atoms with van der Waals surface area (Å²) in [6.07, 6.45) is 0. The predicted octanol–water partition coefficient (Wildman–Crippen LogP) is 3.19. The van der Waals surface area contributed by atoms with E-state index in [0.29, 0.717) is 5.75 Å². The minimum Gasteiger partial charge on any atom is -0.258 e. The van der Waals surface area contributed by atoms with E-state index in [1.165, 1.54) is 23.9 Å². The molecule has 2 rings (SSSR count). The summed E-state index contributed by atoms with van der Waals surface area (Å²) in [5, 5.41) is 15.7. The molecule has 0 atom stereocenters. The van der Waals surface area contributed by atoms with Gasteiger partial charge >= 0.3 is 5.69 Å². The van der Waals surface area contributed by atoms with Gasteiger partial charge in [-0.05, 0) is 17.7 Å². The summed E-state index contributed by atoms with van der Waals surface area (Å²) in [5.74, 6) is 0.493. The molecule has 0 aromatic heterocycles. The van der Waals surface area contributed by atoms with Gasteiger partial charge in [0.2, 0.25) is 10.0 Å². The van der Waals surface area contributed by atoms with E-state index >= 15 is 0 Å². The van der Waals surface area contributed by atoms with E-state index in [1.54, 1.807) is 0 Å². The molecule has 116 valence electrons. The van der Waals surface area contributed by atoms with Gasteiger partial charge in [-0.15, -0.1) is 11.8 Å². The second-order valence-electron chi connectivity index (χ2n) is 4.30. The molecule has 0 saturated carbocycles. The third kappa shape index (κ3) is 3.77. The van der Waals surface area contributed by atoms with Crippen LogP contribution in [0.25, 0.3) is 0 Å². The molecule has 0 saturated heterocycles. The van der Waals surface area contributed by atoms with Gasteiger partial charge in [0.15, 0.2) is 0 Å². The number of hydrogen-bond acceptors (Lipinski definition) is 5. The van der Waals surface area contributed by atoms with Gasteiger partial charge < -0.3 is 0 Å². The number of hydrogen-bond donors (Lipinski definition) is 1. The third-order valence-electron chi connectivity index (χ3n) is 2.77. The fraction of sp³-hybridized carbons (Fsp3) is 0.0769. The van der Waals surface area contributed by atoms with Crippen molar-refractivity contribution in [3.63, 3.8) is 0 Å². The summed E-state index contributed by atoms with van der Waals surface area (Å²) in [5.41, 5.74) is 0.530. The van der Waals surface area contributed by atoms with E-state index in [0.717, 1.165) is 5.56 Å². The Morgan fingerprint density at radius 2 is 1.82 bits per heavy atom. The number of rotatable bonds is 5. The standard InChI is InChI=1S/C13H11ClN2O4S2/c14-12-11(22(15,19)20)7-6-10(13(12)16(17)18)21-8-9-4-2-1-3-5-9/h1-7H,8H2,(H2,15,19,20). The SMILES string of the molecule is NS(=O)(=O)c1ccc(SCc2ccccc2)c([N+](=O)[O-])c1Cl. The van der Waals surface area contributed by atoms with Crippen molar-refractivity contribution in [1.82, 2.24) is 0 Å². The highest BCUT2D eigenvalue weighted by Gasteiger charge is 2.26. The first-order valence-electron chi connectivity index (χ1n) is 5.97. The Hall–Kier alpha value is -1.61. The lowest BCUT2D eigenvalue weighted by Gasteiger charge is -2.07. The van der Waals surface area contributed by atoms with Crippen LogP contribution in [-0.4, -0.2) is 13.3 Å². The van der Waals surface area contributed by atoms with Crippen LogP contribution in [0.5, 0.6) is 0 Å². The highest BCUT2D eigenvalue weighted by molar-refractivity contribution is 7.98. The quantitative estimate of drug-likeness (QED) is 0.502. The molecule has 2 aromatic carbocycles. The van der Waals surface area contributed by atoms with Crippen LogP contribution in [0.1, 0.15) is 5.56 Å². The van der Waals surface area contributed by atoms with Crippen molar-refractivity contribution in [1.29, 1.82) is 0 Å². The number of nitrogens with two attached hydrogens (primary N) is 1. The number of benzene rings is 2. The van der Waals surface area contributed by atoms with Crippen molar-refractivity contribution >= 4 is 39.1 Å². The Kier molecular flexibility index (Phi) is 5.07. The molecule has 0 fully saturated rings. The summed E-state index contributed by atoms with van der Waals surface area (Å²) >= 11 is 7.06. The van der Waals surface area contributed by atoms with Crippen LogP contribution < -0.4 is 5.14 Å². The lowest BCUT2D eigenvalue weighted by molar-refractivity contribution is -0.387. The van der Waals surface area contributed by atoms with Crippen molar-refractivity contribution in [3.05, 3.63) is 63.2 Å². The Labute approximate surface area is 136 Å². The van der Waals surface area contributed by atoms with E-state index < -0.39 is 30.6 Å². The number of halogens is 1. The molecular formula is C13H11ClN2O4S2. The number of thioether (sulfide) groups is 1. The summed E-state index contributed by atoms with van der Waals surface area (Å²) < 4.78 is 22.8. The van der Waals surface area contributed by atoms with Crippen molar-refractivity contribution in [2.75, 3.05) is 0 Å². The maximum Gasteiger partial charge on any atom is 0.302 e. The number of primary sulfonamides is 1. The largest absolute Gasteiger partial charge is 0.302 e. The molecule has 0 bridgehead atoms. The van der Waals surface area contributed by atoms with E-state index in [-0.39, 0.29) is 4.90 Å². The molecule has 2 aromatic rings. The first-order chi connectivity index (χ1) is 10.3. The molecule has 0 aliphatic carbocycles. The Morgan fingerprint density at radius 3 is 2.36 bits per heavy atom. The second kappa shape index (κ2) is 6.66. The summed E-state index contributed by atoms with van der Waals surface area (Å²) in [4.78, 5) is 10.3. The fourth-order valence-electron chi connectivity index (χ4n) is 1.77. The molecule has 0 radical (unpaired) electrons. The molecule has 6 nitrogen and oxygen atoms in total. The van der Waals surface area contributed by atoms with Gasteiger partial charge in [0, 0.05) is 5.75 Å². The maximum absolute atomic E-state index is 11.4. The van der Waals surface area contributed by atoms with Crippen LogP contribution in [0.15, 0.2) is 52.3 Å². The Bertz CT molecular complexity index is 810. The summed E-state index contributed by atoms with van der Waals surface area (Å²) in [6.45, 7) is 0. The maximum atomic E-state index is 11.4. The molecular weight excluding hydrogens is 348 g/mol. The van der Waals surface area contributed by atoms with Crippen LogP contribution in [0, 0.1) is 10.1 Å². The zero-order valence-electron chi connectivity index (χ0n) is 11.1. The van der Waals surface area contributed by atoms with Gasteiger partial charge in [-0.2, -0.15) is 0 Å². The van der Waals surface area contributed by atoms with Gasteiger partial charge in [-0.25, -0.2) is 13.6 Å². The van der Waals surface area contributed by atoms with E-state index in [9.17, 15) is 18.5 Å². The monoisotopic (exact) mass is 358 g/mol. The first kappa shape index (κ1) is 16.8. The zero-order chi connectivity index (χ0) is 16.3. The molecule has 22 heavy (non-hydrogen) atoms. The molecule has 9 heteroatoms. The molecule has 2 N–H and O–H groups in total. The minimum absolute atomic E-state index is 0.284. The average molecular weight is 359 g/mol. The summed E-state index contributed by atoms with van der Waals surface area (Å²) in [6, 6.07) is 11.9. The average Bonchev–Trinajstić information content (AvgIpc) is 2.44. The van der Waals surface area contributed by atoms with E-state index in [4.69, 9.17) is 16.7 Å². The van der Waals surface area contributed by atoms with Crippen LogP contribution in [0.2, 0.25) is 5.02 Å². The Balaban J connectivity index is 2.40. The van der Waals surface area contributed by atoms with Crippen LogP contribution in [0.4, 0.5) is 5.69 Å². The highest BCUT2D eigenvalue weighted by atomic mass is 35.5. The first-order valence-corrected chi connectivity index (χ1v) is 8.88. The molecule has 0 spiro atoms. The van der Waals surface area contributed by atoms with E-state index in [2.05, 4.69) is 0 Å². The minimum atomic E-state index is -4.12. The predicted molar refractivity (Wildman–Crippen MR) is 85.5 cm³/mol. The smallest absolute Gasteiger partial charge is 0.258 e. The van der Waals surface area contributed by atoms with Gasteiger partial charge in [-0.1, -0.05) is 41.9 Å². The molecule has 0 aliphatic heterocycles. The molecule has 0 heterocycles. The van der Waals surface area contributed by atoms with Gasteiger partial charge in [0.25, 0.3) is 0 Å². The topological polar surface area (TPSA) is 103 Å². The van der Waals surface area contributed by atoms with Crippen molar-refractivity contribution in [2.45, 2.75) is 15.5 Å². The number of sulfonamides is 1. The third-order valence-corrected chi connectivity index (χ3v) is 5.34. The molecule has 0 unspecified atom stereocenters. The van der Waals surface area contributed by atoms with Gasteiger partial charge in [0.05, 0.1) is 9.82 Å². The number of nitrogens with zero attached hydrogens (tertiary/aromatic N) is 1. The zero-order valence-corrected chi connectivity index (χ0v) is 13.5.